The lowest BCUT2D eigenvalue weighted by Crippen LogP contribution is -2.52. The summed E-state index contributed by atoms with van der Waals surface area (Å²) in [5, 5.41) is 18.8. The lowest BCUT2D eigenvalue weighted by atomic mass is 9.85. The summed E-state index contributed by atoms with van der Waals surface area (Å²) in [5.41, 5.74) is 0.599. The molecule has 2 fully saturated rings. The van der Waals surface area contributed by atoms with Crippen LogP contribution in [0.2, 0.25) is 5.02 Å². The standard InChI is InChI=1S/C20H28ClN3O4/c21-14-5-2-6-15(11-14)23-20(27)24-17-8-7-16(28-18(17)12-25)9-10-22-19(26)13-3-1-4-13/h2,5-6,11,13,16-18,25H,1,3-4,7-10,12H2,(H,22,26)(H2,23,24,27)/t16-,17+,18-/m1/s1. The molecule has 3 amide bonds. The molecule has 1 saturated carbocycles. The number of hydrogen-bond donors (Lipinski definition) is 4. The van der Waals surface area contributed by atoms with Crippen molar-refractivity contribution in [2.45, 2.75) is 56.8 Å². The number of halogens is 1. The van der Waals surface area contributed by atoms with Crippen molar-refractivity contribution in [3.63, 3.8) is 0 Å². The first-order valence-electron chi connectivity index (χ1n) is 9.92. The van der Waals surface area contributed by atoms with Gasteiger partial charge in [0.05, 0.1) is 18.8 Å². The van der Waals surface area contributed by atoms with Crippen molar-refractivity contribution in [2.24, 2.45) is 5.92 Å². The molecule has 0 radical (unpaired) electrons. The normalized spacial score (nSPS) is 24.9. The van der Waals surface area contributed by atoms with E-state index in [0.29, 0.717) is 30.1 Å². The number of hydrogen-bond acceptors (Lipinski definition) is 4. The van der Waals surface area contributed by atoms with Crippen LogP contribution in [0.3, 0.4) is 0 Å². The van der Waals surface area contributed by atoms with Gasteiger partial charge in [0, 0.05) is 23.2 Å². The molecule has 0 unspecified atom stereocenters. The Bertz CT molecular complexity index is 683. The van der Waals surface area contributed by atoms with E-state index in [4.69, 9.17) is 16.3 Å². The Morgan fingerprint density at radius 3 is 2.71 bits per heavy atom. The van der Waals surface area contributed by atoms with E-state index in [1.165, 1.54) is 0 Å². The van der Waals surface area contributed by atoms with E-state index in [9.17, 15) is 14.7 Å². The van der Waals surface area contributed by atoms with Crippen LogP contribution in [0.15, 0.2) is 24.3 Å². The molecule has 4 N–H and O–H groups in total. The van der Waals surface area contributed by atoms with Crippen LogP contribution in [0.25, 0.3) is 0 Å². The van der Waals surface area contributed by atoms with Crippen LogP contribution in [0, 0.1) is 5.92 Å². The van der Waals surface area contributed by atoms with Gasteiger partial charge in [0.2, 0.25) is 5.91 Å². The van der Waals surface area contributed by atoms with Crippen molar-refractivity contribution < 1.29 is 19.4 Å². The molecule has 1 saturated heterocycles. The molecular weight excluding hydrogens is 382 g/mol. The Morgan fingerprint density at radius 1 is 1.21 bits per heavy atom. The summed E-state index contributed by atoms with van der Waals surface area (Å²) in [6.45, 7) is 0.401. The predicted molar refractivity (Wildman–Crippen MR) is 107 cm³/mol. The van der Waals surface area contributed by atoms with Gasteiger partial charge in [-0.1, -0.05) is 24.1 Å². The summed E-state index contributed by atoms with van der Waals surface area (Å²) < 4.78 is 5.94. The monoisotopic (exact) mass is 409 g/mol. The van der Waals surface area contributed by atoms with Crippen molar-refractivity contribution in [3.8, 4) is 0 Å². The van der Waals surface area contributed by atoms with Crippen LogP contribution >= 0.6 is 11.6 Å². The number of anilines is 1. The number of nitrogens with one attached hydrogen (secondary N) is 3. The zero-order valence-electron chi connectivity index (χ0n) is 15.8. The average molecular weight is 410 g/mol. The van der Waals surface area contributed by atoms with Gasteiger partial charge in [0.25, 0.3) is 0 Å². The topological polar surface area (TPSA) is 99.7 Å². The van der Waals surface area contributed by atoms with Gasteiger partial charge in [-0.3, -0.25) is 4.79 Å². The van der Waals surface area contributed by atoms with Gasteiger partial charge < -0.3 is 25.8 Å². The number of benzene rings is 1. The van der Waals surface area contributed by atoms with E-state index in [0.717, 1.165) is 25.7 Å². The van der Waals surface area contributed by atoms with Crippen molar-refractivity contribution in [2.75, 3.05) is 18.5 Å². The fourth-order valence-electron chi connectivity index (χ4n) is 3.58. The van der Waals surface area contributed by atoms with Gasteiger partial charge in [-0.25, -0.2) is 4.79 Å². The maximum absolute atomic E-state index is 12.2. The van der Waals surface area contributed by atoms with E-state index in [2.05, 4.69) is 16.0 Å². The number of aliphatic hydroxyl groups excluding tert-OH is 1. The van der Waals surface area contributed by atoms with Crippen molar-refractivity contribution in [1.82, 2.24) is 10.6 Å². The number of ether oxygens (including phenoxy) is 1. The summed E-state index contributed by atoms with van der Waals surface area (Å²) in [6, 6.07) is 6.27. The highest BCUT2D eigenvalue weighted by Gasteiger charge is 2.32. The summed E-state index contributed by atoms with van der Waals surface area (Å²) in [7, 11) is 0. The van der Waals surface area contributed by atoms with Crippen LogP contribution < -0.4 is 16.0 Å². The van der Waals surface area contributed by atoms with Gasteiger partial charge in [0.1, 0.15) is 6.10 Å². The van der Waals surface area contributed by atoms with Crippen molar-refractivity contribution in [3.05, 3.63) is 29.3 Å². The number of carbonyl (C=O) groups excluding carboxylic acids is 2. The van der Waals surface area contributed by atoms with Gasteiger partial charge in [-0.05, 0) is 50.3 Å². The molecule has 0 bridgehead atoms. The molecule has 0 aromatic heterocycles. The molecule has 3 atom stereocenters. The molecule has 1 aromatic carbocycles. The lowest BCUT2D eigenvalue weighted by Gasteiger charge is -2.36. The minimum Gasteiger partial charge on any atom is -0.394 e. The van der Waals surface area contributed by atoms with Gasteiger partial charge in [0.15, 0.2) is 0 Å². The minimum absolute atomic E-state index is 0.0344. The third-order valence-electron chi connectivity index (χ3n) is 5.44. The second-order valence-electron chi connectivity index (χ2n) is 7.48. The first kappa shape index (κ1) is 20.9. The van der Waals surface area contributed by atoms with Gasteiger partial charge in [-0.2, -0.15) is 0 Å². The largest absolute Gasteiger partial charge is 0.394 e. The van der Waals surface area contributed by atoms with Crippen LogP contribution in [-0.2, 0) is 9.53 Å². The molecule has 2 aliphatic rings. The lowest BCUT2D eigenvalue weighted by molar-refractivity contribution is -0.127. The number of aliphatic hydroxyl groups is 1. The summed E-state index contributed by atoms with van der Waals surface area (Å²) >= 11 is 5.92. The predicted octanol–water partition coefficient (Wildman–Crippen LogP) is 2.68. The molecule has 3 rings (SSSR count). The Morgan fingerprint density at radius 2 is 2.04 bits per heavy atom. The zero-order chi connectivity index (χ0) is 19.9. The summed E-state index contributed by atoms with van der Waals surface area (Å²) in [6.07, 6.45) is 4.79. The smallest absolute Gasteiger partial charge is 0.319 e. The molecule has 28 heavy (non-hydrogen) atoms. The molecule has 154 valence electrons. The third-order valence-corrected chi connectivity index (χ3v) is 5.67. The van der Waals surface area contributed by atoms with E-state index < -0.39 is 6.10 Å². The van der Waals surface area contributed by atoms with E-state index in [-0.39, 0.29) is 36.6 Å². The van der Waals surface area contributed by atoms with Crippen LogP contribution in [0.5, 0.6) is 0 Å². The Hall–Kier alpha value is -1.83. The molecular formula is C20H28ClN3O4. The second kappa shape index (κ2) is 10.1. The number of carbonyl (C=O) groups is 2. The summed E-state index contributed by atoms with van der Waals surface area (Å²) in [4.78, 5) is 24.1. The number of urea groups is 1. The maximum atomic E-state index is 12.2. The number of amides is 3. The number of rotatable bonds is 7. The van der Waals surface area contributed by atoms with E-state index >= 15 is 0 Å². The highest BCUT2D eigenvalue weighted by Crippen LogP contribution is 2.26. The molecule has 7 nitrogen and oxygen atoms in total. The van der Waals surface area contributed by atoms with Gasteiger partial charge in [-0.15, -0.1) is 0 Å². The second-order valence-corrected chi connectivity index (χ2v) is 7.92. The fraction of sp³-hybridized carbons (Fsp3) is 0.600. The Labute approximate surface area is 170 Å². The molecule has 1 aliphatic carbocycles. The first-order valence-corrected chi connectivity index (χ1v) is 10.3. The average Bonchev–Trinajstić information content (AvgIpc) is 2.61. The molecule has 1 aromatic rings. The molecule has 0 spiro atoms. The fourth-order valence-corrected chi connectivity index (χ4v) is 3.77. The van der Waals surface area contributed by atoms with Crippen LogP contribution in [-0.4, -0.2) is 48.4 Å². The van der Waals surface area contributed by atoms with Gasteiger partial charge >= 0.3 is 6.03 Å². The Kier molecular flexibility index (Phi) is 7.53. The SMILES string of the molecule is O=C(Nc1cccc(Cl)c1)N[C@H]1CC[C@H](CCNC(=O)C2CCC2)O[C@@H]1CO. The molecule has 1 aliphatic heterocycles. The highest BCUT2D eigenvalue weighted by atomic mass is 35.5. The zero-order valence-corrected chi connectivity index (χ0v) is 16.6. The third kappa shape index (κ3) is 5.83. The quantitative estimate of drug-likeness (QED) is 0.556. The maximum Gasteiger partial charge on any atom is 0.319 e. The van der Waals surface area contributed by atoms with Crippen LogP contribution in [0.1, 0.15) is 38.5 Å². The molecule has 1 heterocycles. The molecule has 8 heteroatoms. The summed E-state index contributed by atoms with van der Waals surface area (Å²) in [5.74, 6) is 0.321. The van der Waals surface area contributed by atoms with Crippen molar-refractivity contribution in [1.29, 1.82) is 0 Å². The Balaban J connectivity index is 1.40. The first-order chi connectivity index (χ1) is 13.5. The van der Waals surface area contributed by atoms with E-state index in [1.807, 2.05) is 0 Å². The minimum atomic E-state index is -0.466. The highest BCUT2D eigenvalue weighted by molar-refractivity contribution is 6.30. The van der Waals surface area contributed by atoms with Crippen LogP contribution in [0.4, 0.5) is 10.5 Å². The van der Waals surface area contributed by atoms with Crippen molar-refractivity contribution >= 4 is 29.2 Å². The van der Waals surface area contributed by atoms with E-state index in [1.54, 1.807) is 24.3 Å².